The van der Waals surface area contributed by atoms with E-state index >= 15 is 0 Å². The zero-order chi connectivity index (χ0) is 7.61. The number of hydrogen-bond acceptors (Lipinski definition) is 1. The summed E-state index contributed by atoms with van der Waals surface area (Å²) < 4.78 is 5.58. The Morgan fingerprint density at radius 1 is 1.40 bits per heavy atom. The molecule has 1 aliphatic rings. The van der Waals surface area contributed by atoms with Crippen LogP contribution in [0.3, 0.4) is 0 Å². The molecule has 0 aromatic rings. The highest BCUT2D eigenvalue weighted by Crippen LogP contribution is 2.19. The van der Waals surface area contributed by atoms with E-state index in [2.05, 4.69) is 13.1 Å². The second-order valence-electron chi connectivity index (χ2n) is 3.68. The third-order valence-corrected chi connectivity index (χ3v) is 4.12. The third-order valence-electron chi connectivity index (χ3n) is 2.01. The summed E-state index contributed by atoms with van der Waals surface area (Å²) >= 11 is 0. The van der Waals surface area contributed by atoms with Gasteiger partial charge in [0.15, 0.2) is 0 Å². The van der Waals surface area contributed by atoms with Gasteiger partial charge in [0.25, 0.3) is 0 Å². The molecule has 0 saturated carbocycles. The molecule has 1 saturated heterocycles. The van der Waals surface area contributed by atoms with Crippen molar-refractivity contribution in [3.8, 4) is 0 Å². The van der Waals surface area contributed by atoms with Crippen LogP contribution in [0.4, 0.5) is 0 Å². The van der Waals surface area contributed by atoms with Gasteiger partial charge >= 0.3 is 0 Å². The van der Waals surface area contributed by atoms with Gasteiger partial charge in [0, 0.05) is 20.3 Å². The van der Waals surface area contributed by atoms with Gasteiger partial charge in [-0.05, 0) is 19.3 Å². The van der Waals surface area contributed by atoms with E-state index in [9.17, 15) is 0 Å². The summed E-state index contributed by atoms with van der Waals surface area (Å²) in [4.78, 5) is 0. The molecule has 1 atom stereocenters. The van der Waals surface area contributed by atoms with Crippen LogP contribution >= 0.6 is 0 Å². The van der Waals surface area contributed by atoms with Crippen molar-refractivity contribution in [1.82, 2.24) is 0 Å². The van der Waals surface area contributed by atoms with E-state index in [1.165, 1.54) is 19.3 Å². The Morgan fingerprint density at radius 2 is 2.10 bits per heavy atom. The molecule has 1 rings (SSSR count). The van der Waals surface area contributed by atoms with Crippen molar-refractivity contribution in [3.63, 3.8) is 0 Å². The maximum absolute atomic E-state index is 6.02. The van der Waals surface area contributed by atoms with Crippen LogP contribution in [0.25, 0.3) is 0 Å². The SMILES string of the molecule is [B][Si](C)(C)C1CCCCO1. The maximum atomic E-state index is 6.02. The standard InChI is InChI=1S/C7H15BOSi/c1-10(2,8)7-5-3-4-6-9-7/h7H,3-6H2,1-2H3. The summed E-state index contributed by atoms with van der Waals surface area (Å²) in [6.07, 6.45) is 3.72. The van der Waals surface area contributed by atoms with Crippen LogP contribution in [-0.4, -0.2) is 27.7 Å². The molecule has 0 bridgehead atoms. The third kappa shape index (κ3) is 2.13. The Labute approximate surface area is 65.5 Å². The molecule has 1 nitrogen and oxygen atoms in total. The fourth-order valence-electron chi connectivity index (χ4n) is 1.33. The zero-order valence-corrected chi connectivity index (χ0v) is 7.89. The molecule has 0 aliphatic carbocycles. The summed E-state index contributed by atoms with van der Waals surface area (Å²) in [6, 6.07) is 0. The van der Waals surface area contributed by atoms with Crippen LogP contribution in [0.5, 0.6) is 0 Å². The first-order chi connectivity index (χ1) is 4.61. The van der Waals surface area contributed by atoms with Crippen LogP contribution in [-0.2, 0) is 4.74 Å². The Balaban J connectivity index is 2.39. The van der Waals surface area contributed by atoms with Crippen LogP contribution in [0.1, 0.15) is 19.3 Å². The van der Waals surface area contributed by atoms with Crippen LogP contribution in [0.2, 0.25) is 13.1 Å². The van der Waals surface area contributed by atoms with Crippen molar-refractivity contribution in [3.05, 3.63) is 0 Å². The van der Waals surface area contributed by atoms with Crippen molar-refractivity contribution in [1.29, 1.82) is 0 Å². The van der Waals surface area contributed by atoms with Crippen molar-refractivity contribution in [2.24, 2.45) is 0 Å². The second kappa shape index (κ2) is 3.10. The molecule has 1 aliphatic heterocycles. The molecular formula is C7H15BOSi. The molecule has 2 radical (unpaired) electrons. The predicted octanol–water partition coefficient (Wildman–Crippen LogP) is 1.47. The van der Waals surface area contributed by atoms with E-state index in [-0.39, 0.29) is 0 Å². The summed E-state index contributed by atoms with van der Waals surface area (Å²) in [7, 11) is 4.55. The summed E-state index contributed by atoms with van der Waals surface area (Å²) in [5, 5.41) is 0. The Kier molecular flexibility index (Phi) is 2.58. The van der Waals surface area contributed by atoms with Gasteiger partial charge in [-0.25, -0.2) is 0 Å². The van der Waals surface area contributed by atoms with E-state index in [0.29, 0.717) is 5.73 Å². The molecule has 3 heteroatoms. The van der Waals surface area contributed by atoms with Crippen molar-refractivity contribution in [2.75, 3.05) is 6.61 Å². The van der Waals surface area contributed by atoms with E-state index in [4.69, 9.17) is 12.2 Å². The van der Waals surface area contributed by atoms with Gasteiger partial charge < -0.3 is 4.74 Å². The van der Waals surface area contributed by atoms with Gasteiger partial charge in [0.1, 0.15) is 0 Å². The molecule has 0 amide bonds. The smallest absolute Gasteiger partial charge is 0.0599 e. The summed E-state index contributed by atoms with van der Waals surface area (Å²) in [5.41, 5.74) is 0.418. The molecule has 10 heavy (non-hydrogen) atoms. The summed E-state index contributed by atoms with van der Waals surface area (Å²) in [6.45, 7) is 5.27. The van der Waals surface area contributed by atoms with Gasteiger partial charge in [-0.15, -0.1) is 0 Å². The van der Waals surface area contributed by atoms with Crippen LogP contribution < -0.4 is 0 Å². The van der Waals surface area contributed by atoms with Crippen LogP contribution in [0.15, 0.2) is 0 Å². The fraction of sp³-hybridized carbons (Fsp3) is 1.00. The molecule has 0 aromatic heterocycles. The Morgan fingerprint density at radius 3 is 2.40 bits per heavy atom. The summed E-state index contributed by atoms with van der Waals surface area (Å²) in [5.74, 6) is 0. The van der Waals surface area contributed by atoms with E-state index in [1.807, 2.05) is 0 Å². The van der Waals surface area contributed by atoms with Gasteiger partial charge in [-0.1, -0.05) is 13.1 Å². The average Bonchev–Trinajstić information content (AvgIpc) is 1.88. The predicted molar refractivity (Wildman–Crippen MR) is 46.8 cm³/mol. The minimum absolute atomic E-state index is 0.418. The van der Waals surface area contributed by atoms with Crippen molar-refractivity contribution < 1.29 is 4.74 Å². The highest BCUT2D eigenvalue weighted by molar-refractivity contribution is 7.16. The minimum Gasteiger partial charge on any atom is -0.382 e. The lowest BCUT2D eigenvalue weighted by Crippen LogP contribution is -2.45. The molecule has 1 unspecified atom stereocenters. The average molecular weight is 154 g/mol. The van der Waals surface area contributed by atoms with E-state index in [0.717, 1.165) is 6.61 Å². The Bertz CT molecular complexity index is 105. The Hall–Kier alpha value is 0.242. The maximum Gasteiger partial charge on any atom is 0.0599 e. The molecule has 56 valence electrons. The van der Waals surface area contributed by atoms with Gasteiger partial charge in [0.05, 0.1) is 7.44 Å². The monoisotopic (exact) mass is 154 g/mol. The lowest BCUT2D eigenvalue weighted by atomic mass is 10.2. The lowest BCUT2D eigenvalue weighted by Gasteiger charge is -2.32. The largest absolute Gasteiger partial charge is 0.382 e. The second-order valence-corrected chi connectivity index (χ2v) is 7.96. The minimum atomic E-state index is -1.48. The fourth-order valence-corrected chi connectivity index (χ4v) is 2.82. The molecule has 0 aromatic carbocycles. The normalized spacial score (nSPS) is 28.4. The topological polar surface area (TPSA) is 9.23 Å². The molecule has 1 heterocycles. The molecule has 1 fully saturated rings. The number of hydrogen-bond donors (Lipinski definition) is 0. The quantitative estimate of drug-likeness (QED) is 0.519. The van der Waals surface area contributed by atoms with Gasteiger partial charge in [-0.2, -0.15) is 0 Å². The van der Waals surface area contributed by atoms with E-state index in [1.54, 1.807) is 0 Å². The van der Waals surface area contributed by atoms with Crippen LogP contribution in [0, 0.1) is 0 Å². The first-order valence-corrected chi connectivity index (χ1v) is 7.16. The highest BCUT2D eigenvalue weighted by atomic mass is 28.3. The highest BCUT2D eigenvalue weighted by Gasteiger charge is 2.27. The van der Waals surface area contributed by atoms with Gasteiger partial charge in [0.2, 0.25) is 0 Å². The lowest BCUT2D eigenvalue weighted by molar-refractivity contribution is 0.0619. The molecule has 0 spiro atoms. The van der Waals surface area contributed by atoms with Gasteiger partial charge in [-0.3, -0.25) is 0 Å². The molecule has 0 N–H and O–H groups in total. The van der Waals surface area contributed by atoms with E-state index < -0.39 is 7.94 Å². The number of ether oxygens (including phenoxy) is 1. The zero-order valence-electron chi connectivity index (χ0n) is 6.89. The van der Waals surface area contributed by atoms with Crippen molar-refractivity contribution >= 4 is 15.4 Å². The first kappa shape index (κ1) is 8.34. The first-order valence-electron chi connectivity index (χ1n) is 4.01. The van der Waals surface area contributed by atoms with Crippen molar-refractivity contribution in [2.45, 2.75) is 38.1 Å². The molecular weight excluding hydrogens is 139 g/mol. The number of rotatable bonds is 1.